The molecule has 0 unspecified atom stereocenters. The molecule has 2 amide bonds. The van der Waals surface area contributed by atoms with Gasteiger partial charge < -0.3 is 0 Å². The van der Waals surface area contributed by atoms with E-state index in [-0.39, 0.29) is 29.6 Å². The van der Waals surface area contributed by atoms with E-state index >= 15 is 0 Å². The predicted octanol–water partition coefficient (Wildman–Crippen LogP) is 2.92. The molecule has 0 saturated carbocycles. The first kappa shape index (κ1) is 16.1. The first-order chi connectivity index (χ1) is 11.9. The number of urea groups is 1. The van der Waals surface area contributed by atoms with Crippen LogP contribution < -0.4 is 9.80 Å². The smallest absolute Gasteiger partial charge is 0.288 e. The fraction of sp³-hybridized carbons (Fsp3) is 0.316. The molecule has 2 aliphatic heterocycles. The summed E-state index contributed by atoms with van der Waals surface area (Å²) in [7, 11) is -3.17. The first-order valence-corrected chi connectivity index (χ1v) is 10.1. The number of aryl methyl sites for hydroxylation is 2. The maximum atomic E-state index is 13.2. The minimum Gasteiger partial charge on any atom is -0.288 e. The Labute approximate surface area is 147 Å². The van der Waals surface area contributed by atoms with Crippen LogP contribution in [0.5, 0.6) is 0 Å². The lowest BCUT2D eigenvalue weighted by Crippen LogP contribution is -2.38. The van der Waals surface area contributed by atoms with E-state index < -0.39 is 9.84 Å². The van der Waals surface area contributed by atoms with Gasteiger partial charge in [0, 0.05) is 11.4 Å². The molecule has 25 heavy (non-hydrogen) atoms. The SMILES string of the molecule is Cc1cccc(N2C(=O)N(c3cccc(C)c3)[C@H]3CS(=O)(=O)C[C@H]32)c1. The number of hydrogen-bond acceptors (Lipinski definition) is 3. The van der Waals surface area contributed by atoms with Gasteiger partial charge >= 0.3 is 6.03 Å². The van der Waals surface area contributed by atoms with E-state index in [4.69, 9.17) is 0 Å². The second-order valence-electron chi connectivity index (χ2n) is 6.91. The van der Waals surface area contributed by atoms with Gasteiger partial charge in [-0.1, -0.05) is 24.3 Å². The van der Waals surface area contributed by atoms with Crippen molar-refractivity contribution < 1.29 is 13.2 Å². The molecule has 0 N–H and O–H groups in total. The fourth-order valence-corrected chi connectivity index (χ4v) is 5.78. The van der Waals surface area contributed by atoms with E-state index in [2.05, 4.69) is 0 Å². The first-order valence-electron chi connectivity index (χ1n) is 8.32. The summed E-state index contributed by atoms with van der Waals surface area (Å²) in [4.78, 5) is 16.5. The normalized spacial score (nSPS) is 24.6. The van der Waals surface area contributed by atoms with Crippen LogP contribution in [0.2, 0.25) is 0 Å². The molecule has 2 aromatic rings. The van der Waals surface area contributed by atoms with Crippen LogP contribution in [0.4, 0.5) is 16.2 Å². The third kappa shape index (κ3) is 2.70. The molecule has 2 saturated heterocycles. The third-order valence-electron chi connectivity index (χ3n) is 4.93. The molecule has 0 bridgehead atoms. The lowest BCUT2D eigenvalue weighted by atomic mass is 10.1. The Morgan fingerprint density at radius 3 is 1.68 bits per heavy atom. The van der Waals surface area contributed by atoms with Gasteiger partial charge in [-0.15, -0.1) is 0 Å². The molecular formula is C19H20N2O3S. The molecular weight excluding hydrogens is 336 g/mol. The van der Waals surface area contributed by atoms with Crippen LogP contribution in [0.25, 0.3) is 0 Å². The summed E-state index contributed by atoms with van der Waals surface area (Å²) in [6, 6.07) is 14.5. The molecule has 2 aromatic carbocycles. The van der Waals surface area contributed by atoms with Crippen molar-refractivity contribution in [1.29, 1.82) is 0 Å². The highest BCUT2D eigenvalue weighted by Crippen LogP contribution is 2.38. The monoisotopic (exact) mass is 356 g/mol. The van der Waals surface area contributed by atoms with Crippen molar-refractivity contribution in [3.8, 4) is 0 Å². The highest BCUT2D eigenvalue weighted by Gasteiger charge is 2.54. The maximum absolute atomic E-state index is 13.2. The Bertz CT molecular complexity index is 885. The molecule has 0 aliphatic carbocycles. The van der Waals surface area contributed by atoms with Crippen LogP contribution in [0, 0.1) is 13.8 Å². The van der Waals surface area contributed by atoms with Crippen LogP contribution >= 0.6 is 0 Å². The number of sulfone groups is 1. The van der Waals surface area contributed by atoms with Gasteiger partial charge in [-0.3, -0.25) is 9.80 Å². The number of hydrogen-bond donors (Lipinski definition) is 0. The van der Waals surface area contributed by atoms with E-state index in [1.165, 1.54) is 0 Å². The summed E-state index contributed by atoms with van der Waals surface area (Å²) in [5.41, 5.74) is 3.59. The number of carbonyl (C=O) groups is 1. The summed E-state index contributed by atoms with van der Waals surface area (Å²) in [6.45, 7) is 3.93. The topological polar surface area (TPSA) is 57.7 Å². The molecule has 4 rings (SSSR count). The number of rotatable bonds is 2. The molecule has 0 radical (unpaired) electrons. The summed E-state index contributed by atoms with van der Waals surface area (Å²) in [5.74, 6) is 0.0271. The van der Waals surface area contributed by atoms with Crippen molar-refractivity contribution in [2.75, 3.05) is 21.3 Å². The molecule has 0 aromatic heterocycles. The van der Waals surface area contributed by atoms with E-state index in [0.29, 0.717) is 0 Å². The Morgan fingerprint density at radius 1 is 0.840 bits per heavy atom. The van der Waals surface area contributed by atoms with Crippen LogP contribution in [0.1, 0.15) is 11.1 Å². The highest BCUT2D eigenvalue weighted by atomic mass is 32.2. The number of benzene rings is 2. The zero-order valence-electron chi connectivity index (χ0n) is 14.2. The van der Waals surface area contributed by atoms with E-state index in [1.807, 2.05) is 62.4 Å². The van der Waals surface area contributed by atoms with Crippen molar-refractivity contribution in [3.63, 3.8) is 0 Å². The van der Waals surface area contributed by atoms with Gasteiger partial charge in [-0.2, -0.15) is 0 Å². The number of amides is 2. The zero-order chi connectivity index (χ0) is 17.8. The lowest BCUT2D eigenvalue weighted by molar-refractivity contribution is 0.255. The molecule has 2 heterocycles. The summed E-state index contributed by atoms with van der Waals surface area (Å²) in [6.07, 6.45) is 0. The second-order valence-corrected chi connectivity index (χ2v) is 9.07. The Balaban J connectivity index is 1.83. The van der Waals surface area contributed by atoms with Gasteiger partial charge in [0.1, 0.15) is 0 Å². The van der Waals surface area contributed by atoms with Gasteiger partial charge in [-0.05, 0) is 49.2 Å². The Morgan fingerprint density at radius 2 is 1.28 bits per heavy atom. The van der Waals surface area contributed by atoms with Crippen molar-refractivity contribution in [2.45, 2.75) is 25.9 Å². The van der Waals surface area contributed by atoms with Crippen molar-refractivity contribution in [2.24, 2.45) is 0 Å². The van der Waals surface area contributed by atoms with Crippen molar-refractivity contribution in [3.05, 3.63) is 59.7 Å². The number of nitrogens with zero attached hydrogens (tertiary/aromatic N) is 2. The number of anilines is 2. The van der Waals surface area contributed by atoms with Crippen molar-refractivity contribution in [1.82, 2.24) is 0 Å². The van der Waals surface area contributed by atoms with Crippen LogP contribution in [0.3, 0.4) is 0 Å². The van der Waals surface area contributed by atoms with Crippen LogP contribution in [0.15, 0.2) is 48.5 Å². The lowest BCUT2D eigenvalue weighted by Gasteiger charge is -2.23. The second kappa shape index (κ2) is 5.59. The molecule has 2 aliphatic rings. The summed E-state index contributed by atoms with van der Waals surface area (Å²) >= 11 is 0. The van der Waals surface area contributed by atoms with Crippen LogP contribution in [-0.2, 0) is 9.84 Å². The van der Waals surface area contributed by atoms with E-state index in [9.17, 15) is 13.2 Å². The minimum atomic E-state index is -3.17. The standard InChI is InChI=1S/C19H20N2O3S/c1-13-5-3-7-15(9-13)20-17-11-25(23,24)12-18(17)21(19(20)22)16-8-4-6-14(2)10-16/h3-10,17-18H,11-12H2,1-2H3/t17-,18+. The molecule has 130 valence electrons. The average Bonchev–Trinajstić information content (AvgIpc) is 2.95. The predicted molar refractivity (Wildman–Crippen MR) is 98.9 cm³/mol. The largest absolute Gasteiger partial charge is 0.329 e. The van der Waals surface area contributed by atoms with Gasteiger partial charge in [0.2, 0.25) is 0 Å². The number of carbonyl (C=O) groups excluding carboxylic acids is 1. The Hall–Kier alpha value is -2.34. The average molecular weight is 356 g/mol. The van der Waals surface area contributed by atoms with Crippen molar-refractivity contribution >= 4 is 27.2 Å². The number of fused-ring (bicyclic) bond motifs is 1. The van der Waals surface area contributed by atoms with E-state index in [0.717, 1.165) is 22.5 Å². The van der Waals surface area contributed by atoms with Gasteiger partial charge in [0.05, 0.1) is 23.6 Å². The molecule has 0 spiro atoms. The molecule has 2 atom stereocenters. The van der Waals surface area contributed by atoms with Crippen LogP contribution in [-0.4, -0.2) is 38.0 Å². The quantitative estimate of drug-likeness (QED) is 0.778. The van der Waals surface area contributed by atoms with Gasteiger partial charge in [0.25, 0.3) is 0 Å². The fourth-order valence-electron chi connectivity index (χ4n) is 3.86. The zero-order valence-corrected chi connectivity index (χ0v) is 15.0. The molecule has 5 nitrogen and oxygen atoms in total. The maximum Gasteiger partial charge on any atom is 0.329 e. The highest BCUT2D eigenvalue weighted by molar-refractivity contribution is 7.91. The third-order valence-corrected chi connectivity index (χ3v) is 6.63. The minimum absolute atomic E-state index is 0.0136. The Kier molecular flexibility index (Phi) is 3.61. The van der Waals surface area contributed by atoms with Gasteiger partial charge in [0.15, 0.2) is 9.84 Å². The van der Waals surface area contributed by atoms with Gasteiger partial charge in [-0.25, -0.2) is 13.2 Å². The van der Waals surface area contributed by atoms with E-state index in [1.54, 1.807) is 9.80 Å². The molecule has 6 heteroatoms. The summed E-state index contributed by atoms with van der Waals surface area (Å²) < 4.78 is 24.5. The summed E-state index contributed by atoms with van der Waals surface area (Å²) in [5, 5.41) is 0. The molecule has 2 fully saturated rings.